The smallest absolute Gasteiger partial charge is 0.125 e. The van der Waals surface area contributed by atoms with Crippen molar-refractivity contribution in [3.05, 3.63) is 36.2 Å². The van der Waals surface area contributed by atoms with Gasteiger partial charge in [0.25, 0.3) is 0 Å². The Morgan fingerprint density at radius 3 is 2.67 bits per heavy atom. The average molecular weight is 281 g/mol. The summed E-state index contributed by atoms with van der Waals surface area (Å²) in [4.78, 5) is 10.7. The monoisotopic (exact) mass is 281 g/mol. The molecule has 2 N–H and O–H groups in total. The van der Waals surface area contributed by atoms with Crippen molar-refractivity contribution < 1.29 is 5.11 Å². The minimum Gasteiger partial charge on any atom is -0.507 e. The molecule has 1 unspecified atom stereocenters. The van der Waals surface area contributed by atoms with Crippen molar-refractivity contribution in [2.75, 3.05) is 13.1 Å². The van der Waals surface area contributed by atoms with E-state index in [1.54, 1.807) is 6.07 Å². The molecule has 108 valence electrons. The zero-order chi connectivity index (χ0) is 14.4. The molecule has 1 aliphatic rings. The largest absolute Gasteiger partial charge is 0.507 e. The van der Waals surface area contributed by atoms with E-state index < -0.39 is 0 Å². The number of imidazole rings is 1. The Balaban J connectivity index is 1.87. The fraction of sp³-hybridized carbons (Fsp3) is 0.353. The molecule has 4 nitrogen and oxygen atoms in total. The lowest BCUT2D eigenvalue weighted by Crippen LogP contribution is -2.24. The van der Waals surface area contributed by atoms with E-state index in [9.17, 15) is 5.11 Å². The molecule has 1 aliphatic heterocycles. The molecule has 0 amide bonds. The van der Waals surface area contributed by atoms with Crippen LogP contribution in [0.25, 0.3) is 21.8 Å². The number of aromatic amines is 1. The highest BCUT2D eigenvalue weighted by molar-refractivity contribution is 6.07. The molecule has 4 heteroatoms. The fourth-order valence-corrected chi connectivity index (χ4v) is 3.34. The van der Waals surface area contributed by atoms with Crippen LogP contribution in [0.2, 0.25) is 0 Å². The van der Waals surface area contributed by atoms with Crippen molar-refractivity contribution >= 4 is 21.8 Å². The summed E-state index contributed by atoms with van der Waals surface area (Å²) in [5, 5.41) is 12.0. The first-order valence-corrected chi connectivity index (χ1v) is 7.58. The van der Waals surface area contributed by atoms with Crippen molar-refractivity contribution in [1.29, 1.82) is 0 Å². The highest BCUT2D eigenvalue weighted by atomic mass is 16.3. The Bertz CT molecular complexity index is 802. The fourth-order valence-electron chi connectivity index (χ4n) is 3.34. The maximum absolute atomic E-state index is 10.2. The van der Waals surface area contributed by atoms with Crippen LogP contribution in [0.3, 0.4) is 0 Å². The number of aromatic hydroxyl groups is 1. The summed E-state index contributed by atoms with van der Waals surface area (Å²) in [6.07, 6.45) is 2.54. The number of rotatable bonds is 2. The standard InChI is InChI=1S/C17H19N3O/c1-11(20-8-4-5-9-20)17-18-14-10-15(21)12-6-2-3-7-13(12)16(14)19-17/h2-3,6-7,10-11,21H,4-5,8-9H2,1H3,(H,18,19). The second-order valence-corrected chi connectivity index (χ2v) is 5.88. The summed E-state index contributed by atoms with van der Waals surface area (Å²) < 4.78 is 0. The molecule has 2 heterocycles. The van der Waals surface area contributed by atoms with Gasteiger partial charge in [0.1, 0.15) is 11.6 Å². The summed E-state index contributed by atoms with van der Waals surface area (Å²) in [7, 11) is 0. The van der Waals surface area contributed by atoms with Crippen LogP contribution in [-0.4, -0.2) is 33.1 Å². The quantitative estimate of drug-likeness (QED) is 0.755. The zero-order valence-electron chi connectivity index (χ0n) is 12.1. The van der Waals surface area contributed by atoms with Crippen LogP contribution in [0.4, 0.5) is 0 Å². The molecule has 0 saturated carbocycles. The maximum Gasteiger partial charge on any atom is 0.125 e. The van der Waals surface area contributed by atoms with Crippen molar-refractivity contribution in [2.45, 2.75) is 25.8 Å². The molecule has 0 spiro atoms. The van der Waals surface area contributed by atoms with Gasteiger partial charge in [-0.3, -0.25) is 4.90 Å². The van der Waals surface area contributed by atoms with Crippen LogP contribution in [0.5, 0.6) is 5.75 Å². The van der Waals surface area contributed by atoms with Gasteiger partial charge in [-0.05, 0) is 32.9 Å². The zero-order valence-corrected chi connectivity index (χ0v) is 12.1. The minimum atomic E-state index is 0.292. The molecule has 0 radical (unpaired) electrons. The van der Waals surface area contributed by atoms with Crippen molar-refractivity contribution in [3.63, 3.8) is 0 Å². The molecule has 2 aromatic carbocycles. The van der Waals surface area contributed by atoms with Gasteiger partial charge in [0.05, 0.1) is 17.1 Å². The summed E-state index contributed by atoms with van der Waals surface area (Å²) in [5.74, 6) is 1.30. The Hall–Kier alpha value is -2.07. The number of fused-ring (bicyclic) bond motifs is 3. The van der Waals surface area contributed by atoms with Crippen LogP contribution < -0.4 is 0 Å². The van der Waals surface area contributed by atoms with Crippen LogP contribution in [0, 0.1) is 0 Å². The SMILES string of the molecule is CC(c1nc2c(cc(O)c3ccccc32)[nH]1)N1CCCC1. The number of hydrogen-bond donors (Lipinski definition) is 2. The third-order valence-corrected chi connectivity index (χ3v) is 4.57. The number of nitrogens with zero attached hydrogens (tertiary/aromatic N) is 2. The highest BCUT2D eigenvalue weighted by Crippen LogP contribution is 2.33. The summed E-state index contributed by atoms with van der Waals surface area (Å²) >= 11 is 0. The second kappa shape index (κ2) is 4.74. The predicted molar refractivity (Wildman–Crippen MR) is 84.5 cm³/mol. The number of likely N-dealkylation sites (tertiary alicyclic amines) is 1. The Morgan fingerprint density at radius 1 is 1.19 bits per heavy atom. The van der Waals surface area contributed by atoms with E-state index in [4.69, 9.17) is 4.98 Å². The summed E-state index contributed by atoms with van der Waals surface area (Å²) in [5.41, 5.74) is 1.86. The lowest BCUT2D eigenvalue weighted by molar-refractivity contribution is 0.255. The van der Waals surface area contributed by atoms with Gasteiger partial charge < -0.3 is 10.1 Å². The van der Waals surface area contributed by atoms with E-state index in [1.165, 1.54) is 12.8 Å². The van der Waals surface area contributed by atoms with Crippen molar-refractivity contribution in [2.24, 2.45) is 0 Å². The van der Waals surface area contributed by atoms with E-state index in [2.05, 4.69) is 16.8 Å². The molecule has 0 aliphatic carbocycles. The summed E-state index contributed by atoms with van der Waals surface area (Å²) in [6, 6.07) is 9.95. The van der Waals surface area contributed by atoms with Gasteiger partial charge in [0, 0.05) is 16.8 Å². The van der Waals surface area contributed by atoms with Crippen LogP contribution in [-0.2, 0) is 0 Å². The number of aromatic nitrogens is 2. The highest BCUT2D eigenvalue weighted by Gasteiger charge is 2.22. The Kier molecular flexibility index (Phi) is 2.86. The van der Waals surface area contributed by atoms with Gasteiger partial charge in [-0.1, -0.05) is 24.3 Å². The van der Waals surface area contributed by atoms with Crippen molar-refractivity contribution in [3.8, 4) is 5.75 Å². The van der Waals surface area contributed by atoms with Gasteiger partial charge in [-0.25, -0.2) is 4.98 Å². The van der Waals surface area contributed by atoms with Crippen LogP contribution in [0.1, 0.15) is 31.6 Å². The third-order valence-electron chi connectivity index (χ3n) is 4.57. The van der Waals surface area contributed by atoms with Gasteiger partial charge in [0.15, 0.2) is 0 Å². The molecule has 4 rings (SSSR count). The van der Waals surface area contributed by atoms with Crippen molar-refractivity contribution in [1.82, 2.24) is 14.9 Å². The molecule has 21 heavy (non-hydrogen) atoms. The first-order chi connectivity index (χ1) is 10.2. The molecule has 3 aromatic rings. The Morgan fingerprint density at radius 2 is 1.90 bits per heavy atom. The van der Waals surface area contributed by atoms with Gasteiger partial charge in [-0.15, -0.1) is 0 Å². The normalized spacial score (nSPS) is 17.8. The number of phenols is 1. The first kappa shape index (κ1) is 12.7. The minimum absolute atomic E-state index is 0.292. The number of hydrogen-bond acceptors (Lipinski definition) is 3. The van der Waals surface area contributed by atoms with Gasteiger partial charge >= 0.3 is 0 Å². The van der Waals surface area contributed by atoms with E-state index in [0.29, 0.717) is 11.8 Å². The topological polar surface area (TPSA) is 52.2 Å². The molecule has 1 fully saturated rings. The molecule has 1 atom stereocenters. The number of nitrogens with one attached hydrogen (secondary N) is 1. The van der Waals surface area contributed by atoms with Gasteiger partial charge in [0.2, 0.25) is 0 Å². The maximum atomic E-state index is 10.2. The molecule has 1 aromatic heterocycles. The molecule has 1 saturated heterocycles. The van der Waals surface area contributed by atoms with Crippen LogP contribution >= 0.6 is 0 Å². The lowest BCUT2D eigenvalue weighted by Gasteiger charge is -2.21. The van der Waals surface area contributed by atoms with Crippen LogP contribution in [0.15, 0.2) is 30.3 Å². The number of benzene rings is 2. The van der Waals surface area contributed by atoms with E-state index in [1.807, 2.05) is 24.3 Å². The Labute approximate surface area is 123 Å². The van der Waals surface area contributed by atoms with Gasteiger partial charge in [-0.2, -0.15) is 0 Å². The predicted octanol–water partition coefficient (Wildman–Crippen LogP) is 3.58. The first-order valence-electron chi connectivity index (χ1n) is 7.58. The summed E-state index contributed by atoms with van der Waals surface area (Å²) in [6.45, 7) is 4.49. The average Bonchev–Trinajstić information content (AvgIpc) is 3.16. The number of H-pyrrole nitrogens is 1. The number of phenolic OH excluding ortho intramolecular Hbond substituents is 1. The van der Waals surface area contributed by atoms with E-state index in [0.717, 1.165) is 40.7 Å². The van der Waals surface area contributed by atoms with E-state index >= 15 is 0 Å². The lowest BCUT2D eigenvalue weighted by atomic mass is 10.1. The molecule has 0 bridgehead atoms. The van der Waals surface area contributed by atoms with E-state index in [-0.39, 0.29) is 0 Å². The third kappa shape index (κ3) is 1.98. The molecular weight excluding hydrogens is 262 g/mol. The second-order valence-electron chi connectivity index (χ2n) is 5.88. The molecular formula is C17H19N3O.